The first-order chi connectivity index (χ1) is 11.8. The molecule has 1 aliphatic rings. The van der Waals surface area contributed by atoms with E-state index in [0.29, 0.717) is 31.2 Å². The second-order valence-electron chi connectivity index (χ2n) is 7.77. The quantitative estimate of drug-likeness (QED) is 0.536. The van der Waals surface area contributed by atoms with Gasteiger partial charge in [0, 0.05) is 12.2 Å². The monoisotopic (exact) mass is 344 g/mol. The number of para-hydroxylation sites is 1. The van der Waals surface area contributed by atoms with Gasteiger partial charge in [-0.2, -0.15) is 0 Å². The van der Waals surface area contributed by atoms with Crippen molar-refractivity contribution in [1.82, 2.24) is 5.32 Å². The number of rotatable bonds is 8. The molecule has 0 heterocycles. The summed E-state index contributed by atoms with van der Waals surface area (Å²) in [5.41, 5.74) is 2.28. The highest BCUT2D eigenvalue weighted by atomic mass is 16.2. The third-order valence-electron chi connectivity index (χ3n) is 5.05. The maximum absolute atomic E-state index is 12.9. The summed E-state index contributed by atoms with van der Waals surface area (Å²) in [4.78, 5) is 25.4. The van der Waals surface area contributed by atoms with Crippen LogP contribution in [-0.2, 0) is 9.59 Å². The van der Waals surface area contributed by atoms with Crippen LogP contribution in [0.15, 0.2) is 18.2 Å². The molecule has 0 spiro atoms. The molecule has 1 aliphatic carbocycles. The fraction of sp³-hybridized carbons (Fsp3) is 0.619. The van der Waals surface area contributed by atoms with E-state index < -0.39 is 5.41 Å². The van der Waals surface area contributed by atoms with Crippen LogP contribution in [0.2, 0.25) is 0 Å². The van der Waals surface area contributed by atoms with Crippen molar-refractivity contribution in [3.63, 3.8) is 0 Å². The molecule has 4 heteroatoms. The van der Waals surface area contributed by atoms with Crippen LogP contribution in [0.4, 0.5) is 5.69 Å². The lowest BCUT2D eigenvalue weighted by Gasteiger charge is -2.22. The number of carbonyl (C=O) groups excluding carboxylic acids is 2. The normalized spacial score (nSPS) is 15.3. The van der Waals surface area contributed by atoms with Crippen LogP contribution in [0.25, 0.3) is 0 Å². The molecule has 1 fully saturated rings. The summed E-state index contributed by atoms with van der Waals surface area (Å²) in [5.74, 6) is 0.341. The van der Waals surface area contributed by atoms with Crippen LogP contribution in [-0.4, -0.2) is 18.4 Å². The van der Waals surface area contributed by atoms with Gasteiger partial charge in [0.15, 0.2) is 0 Å². The van der Waals surface area contributed by atoms with Crippen LogP contribution in [0, 0.1) is 5.41 Å². The third-order valence-corrected chi connectivity index (χ3v) is 5.05. The molecule has 0 radical (unpaired) electrons. The Hall–Kier alpha value is -1.84. The Morgan fingerprint density at radius 2 is 1.60 bits per heavy atom. The molecule has 2 rings (SSSR count). The van der Waals surface area contributed by atoms with Gasteiger partial charge in [0.1, 0.15) is 5.41 Å². The van der Waals surface area contributed by atoms with Gasteiger partial charge in [0.25, 0.3) is 0 Å². The molecule has 25 heavy (non-hydrogen) atoms. The van der Waals surface area contributed by atoms with Crippen LogP contribution in [0.1, 0.15) is 83.3 Å². The molecule has 2 amide bonds. The summed E-state index contributed by atoms with van der Waals surface area (Å²) < 4.78 is 0. The molecule has 0 aromatic heterocycles. The first-order valence-corrected chi connectivity index (χ1v) is 9.56. The van der Waals surface area contributed by atoms with Crippen molar-refractivity contribution in [2.24, 2.45) is 5.41 Å². The van der Waals surface area contributed by atoms with Crippen molar-refractivity contribution in [3.8, 4) is 0 Å². The van der Waals surface area contributed by atoms with E-state index in [-0.39, 0.29) is 11.8 Å². The second-order valence-corrected chi connectivity index (χ2v) is 7.77. The lowest BCUT2D eigenvalue weighted by atomic mass is 9.92. The molecule has 0 aliphatic heterocycles. The minimum absolute atomic E-state index is 0.119. The molecule has 0 saturated heterocycles. The van der Waals surface area contributed by atoms with E-state index in [0.717, 1.165) is 29.7 Å². The summed E-state index contributed by atoms with van der Waals surface area (Å²) in [7, 11) is 0. The van der Waals surface area contributed by atoms with Crippen molar-refractivity contribution < 1.29 is 9.59 Å². The van der Waals surface area contributed by atoms with Crippen molar-refractivity contribution in [1.29, 1.82) is 0 Å². The van der Waals surface area contributed by atoms with Crippen LogP contribution >= 0.6 is 0 Å². The zero-order chi connectivity index (χ0) is 18.6. The SMILES string of the molecule is CCCCNC(=O)C1(C(=O)Nc2c(C(C)C)cccc2C(C)C)CC1. The van der Waals surface area contributed by atoms with Gasteiger partial charge in [-0.05, 0) is 42.2 Å². The molecule has 0 unspecified atom stereocenters. The Bertz CT molecular complexity index is 605. The van der Waals surface area contributed by atoms with Crippen molar-refractivity contribution in [3.05, 3.63) is 29.3 Å². The van der Waals surface area contributed by atoms with Crippen LogP contribution in [0.3, 0.4) is 0 Å². The van der Waals surface area contributed by atoms with Gasteiger partial charge >= 0.3 is 0 Å². The van der Waals surface area contributed by atoms with Crippen molar-refractivity contribution in [2.75, 3.05) is 11.9 Å². The van der Waals surface area contributed by atoms with Crippen molar-refractivity contribution in [2.45, 2.75) is 72.1 Å². The number of carbonyl (C=O) groups is 2. The number of amides is 2. The Kier molecular flexibility index (Phi) is 6.26. The predicted octanol–water partition coefficient (Wildman–Crippen LogP) is 4.57. The van der Waals surface area contributed by atoms with Gasteiger partial charge < -0.3 is 10.6 Å². The average molecular weight is 344 g/mol. The summed E-state index contributed by atoms with van der Waals surface area (Å²) in [6, 6.07) is 6.17. The number of nitrogens with one attached hydrogen (secondary N) is 2. The first-order valence-electron chi connectivity index (χ1n) is 9.56. The number of anilines is 1. The van der Waals surface area contributed by atoms with Crippen LogP contribution < -0.4 is 10.6 Å². The van der Waals surface area contributed by atoms with E-state index in [1.54, 1.807) is 0 Å². The van der Waals surface area contributed by atoms with E-state index in [9.17, 15) is 9.59 Å². The summed E-state index contributed by atoms with van der Waals surface area (Å²) in [5, 5.41) is 6.04. The molecule has 1 aromatic rings. The van der Waals surface area contributed by atoms with Gasteiger partial charge in [-0.15, -0.1) is 0 Å². The third kappa shape index (κ3) is 4.23. The molecule has 2 N–H and O–H groups in total. The zero-order valence-corrected chi connectivity index (χ0v) is 16.2. The average Bonchev–Trinajstić information content (AvgIpc) is 3.36. The maximum Gasteiger partial charge on any atom is 0.240 e. The van der Waals surface area contributed by atoms with Gasteiger partial charge in [-0.25, -0.2) is 0 Å². The first kappa shape index (κ1) is 19.5. The minimum Gasteiger partial charge on any atom is -0.355 e. The van der Waals surface area contributed by atoms with Crippen molar-refractivity contribution >= 4 is 17.5 Å². The molecular formula is C21H32N2O2. The highest BCUT2D eigenvalue weighted by molar-refractivity contribution is 6.13. The molecule has 0 bridgehead atoms. The number of unbranched alkanes of at least 4 members (excludes halogenated alkanes) is 1. The van der Waals surface area contributed by atoms with Gasteiger partial charge in [-0.1, -0.05) is 59.2 Å². The molecule has 0 atom stereocenters. The Morgan fingerprint density at radius 1 is 1.04 bits per heavy atom. The molecule has 1 aromatic carbocycles. The standard InChI is InChI=1S/C21H32N2O2/c1-6-7-13-22-19(24)21(11-12-21)20(25)23-18-16(14(2)3)9-8-10-17(18)15(4)5/h8-10,14-15H,6-7,11-13H2,1-5H3,(H,22,24)(H,23,25). The van der Waals surface area contributed by atoms with E-state index in [1.165, 1.54) is 0 Å². The van der Waals surface area contributed by atoms with Gasteiger partial charge in [0.05, 0.1) is 0 Å². The van der Waals surface area contributed by atoms with Gasteiger partial charge in [-0.3, -0.25) is 9.59 Å². The Balaban J connectivity index is 2.21. The van der Waals surface area contributed by atoms with E-state index >= 15 is 0 Å². The summed E-state index contributed by atoms with van der Waals surface area (Å²) in [6.45, 7) is 11.2. The smallest absolute Gasteiger partial charge is 0.240 e. The Morgan fingerprint density at radius 3 is 2.04 bits per heavy atom. The van der Waals surface area contributed by atoms with Crippen LogP contribution in [0.5, 0.6) is 0 Å². The largest absolute Gasteiger partial charge is 0.355 e. The minimum atomic E-state index is -0.869. The Labute approximate surface area is 151 Å². The summed E-state index contributed by atoms with van der Waals surface area (Å²) >= 11 is 0. The highest BCUT2D eigenvalue weighted by Crippen LogP contribution is 2.47. The fourth-order valence-electron chi connectivity index (χ4n) is 3.16. The predicted molar refractivity (Wildman–Crippen MR) is 103 cm³/mol. The second kappa shape index (κ2) is 8.03. The number of benzene rings is 1. The number of hydrogen-bond acceptors (Lipinski definition) is 2. The molecular weight excluding hydrogens is 312 g/mol. The topological polar surface area (TPSA) is 58.2 Å². The fourth-order valence-corrected chi connectivity index (χ4v) is 3.16. The zero-order valence-electron chi connectivity index (χ0n) is 16.2. The molecule has 4 nitrogen and oxygen atoms in total. The highest BCUT2D eigenvalue weighted by Gasteiger charge is 2.56. The maximum atomic E-state index is 12.9. The lowest BCUT2D eigenvalue weighted by molar-refractivity contribution is -0.134. The summed E-state index contributed by atoms with van der Waals surface area (Å²) in [6.07, 6.45) is 3.24. The lowest BCUT2D eigenvalue weighted by Crippen LogP contribution is -2.40. The van der Waals surface area contributed by atoms with E-state index in [4.69, 9.17) is 0 Å². The molecule has 138 valence electrons. The van der Waals surface area contributed by atoms with E-state index in [1.807, 2.05) is 6.07 Å². The molecule has 1 saturated carbocycles. The van der Waals surface area contributed by atoms with Gasteiger partial charge in [0.2, 0.25) is 11.8 Å². The van der Waals surface area contributed by atoms with E-state index in [2.05, 4.69) is 57.4 Å². The number of hydrogen-bond donors (Lipinski definition) is 2.